The first-order chi connectivity index (χ1) is 6.36. The number of ketones is 1. The Balaban J connectivity index is 2.27. The summed E-state index contributed by atoms with van der Waals surface area (Å²) in [6.07, 6.45) is 4.94. The number of carbonyl (C=O) groups is 1. The van der Waals surface area contributed by atoms with E-state index < -0.39 is 0 Å². The van der Waals surface area contributed by atoms with Crippen molar-refractivity contribution in [3.05, 3.63) is 47.5 Å². The molecular weight excluding hydrogens is 160 g/mol. The lowest BCUT2D eigenvalue weighted by molar-refractivity contribution is -0.120. The van der Waals surface area contributed by atoms with Crippen LogP contribution in [0.5, 0.6) is 0 Å². The van der Waals surface area contributed by atoms with Crippen LogP contribution in [0.15, 0.2) is 36.4 Å². The van der Waals surface area contributed by atoms with Crippen LogP contribution in [0, 0.1) is 0 Å². The second-order valence-electron chi connectivity index (χ2n) is 3.77. The van der Waals surface area contributed by atoms with Gasteiger partial charge in [-0.25, -0.2) is 0 Å². The molecule has 2 atom stereocenters. The largest absolute Gasteiger partial charge is 0.299 e. The van der Waals surface area contributed by atoms with Gasteiger partial charge in [0.15, 0.2) is 0 Å². The Kier molecular flexibility index (Phi) is 1.26. The number of hydrogen-bond acceptors (Lipinski definition) is 1. The smallest absolute Gasteiger partial charge is 0.145 e. The molecular formula is C12H10O. The zero-order valence-electron chi connectivity index (χ0n) is 7.23. The van der Waals surface area contributed by atoms with Crippen LogP contribution in [0.25, 0.3) is 0 Å². The lowest BCUT2D eigenvalue weighted by Crippen LogP contribution is -2.25. The lowest BCUT2D eigenvalue weighted by Gasteiger charge is -2.31. The first-order valence-corrected chi connectivity index (χ1v) is 4.66. The Morgan fingerprint density at radius 1 is 1.08 bits per heavy atom. The number of allylic oxidation sites excluding steroid dienone is 2. The summed E-state index contributed by atoms with van der Waals surface area (Å²) in [7, 11) is 0. The summed E-state index contributed by atoms with van der Waals surface area (Å²) in [5, 5.41) is 0. The van der Waals surface area contributed by atoms with Gasteiger partial charge in [0.25, 0.3) is 0 Å². The molecule has 3 aliphatic carbocycles. The van der Waals surface area contributed by atoms with Crippen LogP contribution in [-0.2, 0) is 4.79 Å². The maximum absolute atomic E-state index is 11.6. The molecule has 0 radical (unpaired) electrons. The second-order valence-corrected chi connectivity index (χ2v) is 3.77. The Bertz CT molecular complexity index is 403. The van der Waals surface area contributed by atoms with Crippen molar-refractivity contribution < 1.29 is 4.79 Å². The molecule has 2 bridgehead atoms. The molecule has 0 spiro atoms. The van der Waals surface area contributed by atoms with Crippen LogP contribution >= 0.6 is 0 Å². The van der Waals surface area contributed by atoms with Crippen molar-refractivity contribution in [2.45, 2.75) is 18.3 Å². The molecule has 0 saturated carbocycles. The van der Waals surface area contributed by atoms with Crippen LogP contribution < -0.4 is 0 Å². The molecule has 0 amide bonds. The van der Waals surface area contributed by atoms with Crippen LogP contribution in [-0.4, -0.2) is 5.78 Å². The quantitative estimate of drug-likeness (QED) is 0.546. The highest BCUT2D eigenvalue weighted by Gasteiger charge is 2.34. The van der Waals surface area contributed by atoms with E-state index in [1.54, 1.807) is 0 Å². The van der Waals surface area contributed by atoms with Gasteiger partial charge in [-0.1, -0.05) is 36.4 Å². The van der Waals surface area contributed by atoms with Gasteiger partial charge in [0.05, 0.1) is 5.92 Å². The number of fused-ring (bicyclic) bond motifs is 1. The van der Waals surface area contributed by atoms with Gasteiger partial charge in [-0.3, -0.25) is 4.79 Å². The zero-order valence-corrected chi connectivity index (χ0v) is 7.23. The number of Topliss-reactive ketones (excluding diaryl/α,β-unsaturated/α-hetero) is 1. The van der Waals surface area contributed by atoms with Crippen molar-refractivity contribution >= 4 is 5.78 Å². The predicted octanol–water partition coefficient (Wildman–Crippen LogP) is 2.40. The molecule has 1 nitrogen and oxygen atoms in total. The van der Waals surface area contributed by atoms with Gasteiger partial charge < -0.3 is 0 Å². The van der Waals surface area contributed by atoms with Gasteiger partial charge in [-0.05, 0) is 11.1 Å². The van der Waals surface area contributed by atoms with E-state index in [-0.39, 0.29) is 5.92 Å². The summed E-state index contributed by atoms with van der Waals surface area (Å²) in [5.41, 5.74) is 2.58. The molecule has 13 heavy (non-hydrogen) atoms. The average Bonchev–Trinajstić information content (AvgIpc) is 2.19. The van der Waals surface area contributed by atoms with Crippen molar-refractivity contribution in [1.82, 2.24) is 0 Å². The molecule has 0 N–H and O–H groups in total. The SMILES string of the molecule is O=C1C[C@H]2C=C[C@H]1c1ccccc12. The highest BCUT2D eigenvalue weighted by atomic mass is 16.1. The lowest BCUT2D eigenvalue weighted by atomic mass is 9.71. The molecule has 1 aromatic rings. The van der Waals surface area contributed by atoms with Gasteiger partial charge in [0.2, 0.25) is 0 Å². The second kappa shape index (κ2) is 2.32. The normalized spacial score (nSPS) is 29.1. The zero-order chi connectivity index (χ0) is 8.84. The Morgan fingerprint density at radius 2 is 1.85 bits per heavy atom. The van der Waals surface area contributed by atoms with Crippen LogP contribution in [0.4, 0.5) is 0 Å². The van der Waals surface area contributed by atoms with E-state index in [4.69, 9.17) is 0 Å². The number of hydrogen-bond donors (Lipinski definition) is 0. The Morgan fingerprint density at radius 3 is 2.62 bits per heavy atom. The van der Waals surface area contributed by atoms with E-state index in [1.165, 1.54) is 11.1 Å². The van der Waals surface area contributed by atoms with E-state index in [2.05, 4.69) is 30.4 Å². The van der Waals surface area contributed by atoms with Crippen molar-refractivity contribution in [1.29, 1.82) is 0 Å². The van der Waals surface area contributed by atoms with E-state index in [1.807, 2.05) is 6.07 Å². The Hall–Kier alpha value is -1.37. The molecule has 0 saturated heterocycles. The van der Waals surface area contributed by atoms with Crippen molar-refractivity contribution in [3.63, 3.8) is 0 Å². The van der Waals surface area contributed by atoms with E-state index in [0.29, 0.717) is 18.1 Å². The molecule has 0 unspecified atom stereocenters. The molecule has 4 rings (SSSR count). The van der Waals surface area contributed by atoms with Crippen LogP contribution in [0.2, 0.25) is 0 Å². The number of rotatable bonds is 0. The van der Waals surface area contributed by atoms with Crippen LogP contribution in [0.1, 0.15) is 29.4 Å². The van der Waals surface area contributed by atoms with E-state index in [0.717, 1.165) is 0 Å². The summed E-state index contributed by atoms with van der Waals surface area (Å²) in [4.78, 5) is 11.6. The maximum Gasteiger partial charge on any atom is 0.145 e. The summed E-state index contributed by atoms with van der Waals surface area (Å²) in [6, 6.07) is 8.29. The first kappa shape index (κ1) is 7.07. The van der Waals surface area contributed by atoms with Gasteiger partial charge in [0, 0.05) is 12.3 Å². The summed E-state index contributed by atoms with van der Waals surface area (Å²) in [5.74, 6) is 0.793. The number of benzene rings is 1. The molecule has 0 aliphatic heterocycles. The standard InChI is InChI=1S/C12H10O/c13-12-7-8-5-6-11(12)10-4-2-1-3-9(8)10/h1-6,8,11H,7H2/t8-,11+/m1/s1. The number of carbonyl (C=O) groups excluding carboxylic acids is 1. The van der Waals surface area contributed by atoms with Crippen molar-refractivity contribution in [2.75, 3.05) is 0 Å². The van der Waals surface area contributed by atoms with Gasteiger partial charge in [-0.15, -0.1) is 0 Å². The summed E-state index contributed by atoms with van der Waals surface area (Å²) in [6.45, 7) is 0. The minimum Gasteiger partial charge on any atom is -0.299 e. The third-order valence-corrected chi connectivity index (χ3v) is 3.03. The average molecular weight is 170 g/mol. The van der Waals surface area contributed by atoms with Crippen molar-refractivity contribution in [2.24, 2.45) is 0 Å². The minimum absolute atomic E-state index is 0.0567. The van der Waals surface area contributed by atoms with Gasteiger partial charge in [-0.2, -0.15) is 0 Å². The highest BCUT2D eigenvalue weighted by Crippen LogP contribution is 2.42. The fraction of sp³-hybridized carbons (Fsp3) is 0.250. The fourth-order valence-electron chi connectivity index (χ4n) is 2.39. The first-order valence-electron chi connectivity index (χ1n) is 4.66. The molecule has 1 aromatic carbocycles. The minimum atomic E-state index is 0.0567. The third-order valence-electron chi connectivity index (χ3n) is 3.03. The molecule has 0 heterocycles. The molecule has 3 aliphatic rings. The fourth-order valence-corrected chi connectivity index (χ4v) is 2.39. The van der Waals surface area contributed by atoms with Gasteiger partial charge in [0.1, 0.15) is 5.78 Å². The third kappa shape index (κ3) is 0.844. The van der Waals surface area contributed by atoms with Gasteiger partial charge >= 0.3 is 0 Å². The summed E-state index contributed by atoms with van der Waals surface area (Å²) >= 11 is 0. The highest BCUT2D eigenvalue weighted by molar-refractivity contribution is 5.92. The Labute approximate surface area is 77.1 Å². The summed E-state index contributed by atoms with van der Waals surface area (Å²) < 4.78 is 0. The molecule has 0 fully saturated rings. The van der Waals surface area contributed by atoms with Crippen LogP contribution in [0.3, 0.4) is 0 Å². The van der Waals surface area contributed by atoms with Crippen molar-refractivity contribution in [3.8, 4) is 0 Å². The van der Waals surface area contributed by atoms with E-state index in [9.17, 15) is 4.79 Å². The molecule has 0 aromatic heterocycles. The maximum atomic E-state index is 11.6. The molecule has 1 heteroatoms. The topological polar surface area (TPSA) is 17.1 Å². The molecule has 64 valence electrons. The monoisotopic (exact) mass is 170 g/mol. The predicted molar refractivity (Wildman–Crippen MR) is 50.7 cm³/mol. The van der Waals surface area contributed by atoms with E-state index >= 15 is 0 Å².